The van der Waals surface area contributed by atoms with Gasteiger partial charge in [-0.15, -0.1) is 0 Å². The standard InChI is InChI=1S/C18H27ClN4O3S2/c1-6-22(7-2)10-11-23(15(24)12-21(4)28(5,25)26)18-20-16-13(3)8-9-14(19)17(16)27-18/h8-9H,6-7,10-12H2,1-5H3. The Morgan fingerprint density at radius 3 is 2.39 bits per heavy atom. The van der Waals surface area contributed by atoms with Crippen LogP contribution in [-0.4, -0.2) is 74.5 Å². The smallest absolute Gasteiger partial charge is 0.244 e. The maximum atomic E-state index is 13.0. The minimum Gasteiger partial charge on any atom is -0.302 e. The molecule has 0 saturated heterocycles. The lowest BCUT2D eigenvalue weighted by molar-refractivity contribution is -0.118. The Morgan fingerprint density at radius 1 is 1.21 bits per heavy atom. The van der Waals surface area contributed by atoms with Crippen molar-refractivity contribution in [3.05, 3.63) is 22.7 Å². The van der Waals surface area contributed by atoms with E-state index in [1.807, 2.05) is 19.1 Å². The molecule has 0 aliphatic rings. The fourth-order valence-electron chi connectivity index (χ4n) is 2.71. The van der Waals surface area contributed by atoms with Gasteiger partial charge in [-0.05, 0) is 31.6 Å². The summed E-state index contributed by atoms with van der Waals surface area (Å²) in [5.41, 5.74) is 1.75. The number of fused-ring (bicyclic) bond motifs is 1. The highest BCUT2D eigenvalue weighted by atomic mass is 35.5. The minimum atomic E-state index is -3.45. The first-order valence-corrected chi connectivity index (χ1v) is 12.1. The molecule has 2 rings (SSSR count). The van der Waals surface area contributed by atoms with E-state index in [2.05, 4.69) is 23.7 Å². The van der Waals surface area contributed by atoms with Crippen molar-refractivity contribution in [2.75, 3.05) is 50.9 Å². The maximum absolute atomic E-state index is 13.0. The summed E-state index contributed by atoms with van der Waals surface area (Å²) in [5, 5.41) is 1.12. The number of anilines is 1. The maximum Gasteiger partial charge on any atom is 0.244 e. The molecule has 1 aromatic heterocycles. The minimum absolute atomic E-state index is 0.236. The van der Waals surface area contributed by atoms with Gasteiger partial charge in [-0.1, -0.05) is 42.9 Å². The number of thiazole rings is 1. The zero-order chi connectivity index (χ0) is 21.1. The van der Waals surface area contributed by atoms with E-state index in [1.165, 1.54) is 18.4 Å². The van der Waals surface area contributed by atoms with Crippen molar-refractivity contribution >= 4 is 54.2 Å². The Kier molecular flexibility index (Phi) is 7.81. The lowest BCUT2D eigenvalue weighted by Gasteiger charge is -2.26. The lowest BCUT2D eigenvalue weighted by Crippen LogP contribution is -2.44. The van der Waals surface area contributed by atoms with E-state index in [9.17, 15) is 13.2 Å². The van der Waals surface area contributed by atoms with Crippen LogP contribution in [-0.2, 0) is 14.8 Å². The van der Waals surface area contributed by atoms with Crippen molar-refractivity contribution < 1.29 is 13.2 Å². The number of aryl methyl sites for hydroxylation is 1. The van der Waals surface area contributed by atoms with Crippen LogP contribution in [0.1, 0.15) is 19.4 Å². The van der Waals surface area contributed by atoms with E-state index in [4.69, 9.17) is 11.6 Å². The van der Waals surface area contributed by atoms with Crippen LogP contribution in [0.15, 0.2) is 12.1 Å². The fourth-order valence-corrected chi connectivity index (χ4v) is 4.41. The van der Waals surface area contributed by atoms with Gasteiger partial charge in [-0.2, -0.15) is 4.31 Å². The number of amides is 1. The molecule has 0 aliphatic carbocycles. The van der Waals surface area contributed by atoms with Crippen molar-refractivity contribution in [2.45, 2.75) is 20.8 Å². The summed E-state index contributed by atoms with van der Waals surface area (Å²) < 4.78 is 25.3. The van der Waals surface area contributed by atoms with Gasteiger partial charge in [-0.25, -0.2) is 13.4 Å². The summed E-state index contributed by atoms with van der Waals surface area (Å²) >= 11 is 7.67. The van der Waals surface area contributed by atoms with Crippen LogP contribution in [0.25, 0.3) is 10.2 Å². The normalized spacial score (nSPS) is 12.3. The van der Waals surface area contributed by atoms with Gasteiger partial charge >= 0.3 is 0 Å². The Bertz CT molecular complexity index is 903. The van der Waals surface area contributed by atoms with E-state index in [1.54, 1.807) is 4.90 Å². The second kappa shape index (κ2) is 9.49. The van der Waals surface area contributed by atoms with Crippen LogP contribution >= 0.6 is 22.9 Å². The van der Waals surface area contributed by atoms with Gasteiger partial charge in [0.2, 0.25) is 15.9 Å². The summed E-state index contributed by atoms with van der Waals surface area (Å²) in [4.78, 5) is 21.4. The van der Waals surface area contributed by atoms with E-state index in [-0.39, 0.29) is 12.5 Å². The van der Waals surface area contributed by atoms with Crippen LogP contribution in [0.4, 0.5) is 5.13 Å². The summed E-state index contributed by atoms with van der Waals surface area (Å²) in [6, 6.07) is 3.72. The molecule has 2 aromatic rings. The number of carbonyl (C=O) groups excluding carboxylic acids is 1. The molecule has 1 heterocycles. The van der Waals surface area contributed by atoms with Crippen molar-refractivity contribution in [2.24, 2.45) is 0 Å². The summed E-state index contributed by atoms with van der Waals surface area (Å²) in [6.07, 6.45) is 1.08. The van der Waals surface area contributed by atoms with Gasteiger partial charge in [0.15, 0.2) is 5.13 Å². The molecule has 0 unspecified atom stereocenters. The Labute approximate surface area is 175 Å². The number of likely N-dealkylation sites (N-methyl/N-ethyl adjacent to an activating group) is 2. The highest BCUT2D eigenvalue weighted by molar-refractivity contribution is 7.88. The average molecular weight is 447 g/mol. The third-order valence-electron chi connectivity index (χ3n) is 4.68. The topological polar surface area (TPSA) is 73.8 Å². The fraction of sp³-hybridized carbons (Fsp3) is 0.556. The molecule has 1 amide bonds. The number of hydrogen-bond donors (Lipinski definition) is 0. The molecule has 0 saturated carbocycles. The number of aromatic nitrogens is 1. The molecular formula is C18H27ClN4O3S2. The molecule has 0 bridgehead atoms. The Morgan fingerprint density at radius 2 is 1.86 bits per heavy atom. The third kappa shape index (κ3) is 5.42. The average Bonchev–Trinajstić information content (AvgIpc) is 3.07. The van der Waals surface area contributed by atoms with Crippen LogP contribution in [0.3, 0.4) is 0 Å². The highest BCUT2D eigenvalue weighted by Gasteiger charge is 2.25. The van der Waals surface area contributed by atoms with Crippen LogP contribution in [0.2, 0.25) is 5.02 Å². The molecule has 0 N–H and O–H groups in total. The van der Waals surface area contributed by atoms with Crippen molar-refractivity contribution in [1.82, 2.24) is 14.2 Å². The van der Waals surface area contributed by atoms with Gasteiger partial charge in [0.1, 0.15) is 0 Å². The monoisotopic (exact) mass is 446 g/mol. The van der Waals surface area contributed by atoms with E-state index >= 15 is 0 Å². The summed E-state index contributed by atoms with van der Waals surface area (Å²) in [5.74, 6) is -0.312. The predicted molar refractivity (Wildman–Crippen MR) is 117 cm³/mol. The Hall–Kier alpha value is -1.26. The summed E-state index contributed by atoms with van der Waals surface area (Å²) in [7, 11) is -2.06. The van der Waals surface area contributed by atoms with Gasteiger partial charge in [-0.3, -0.25) is 9.69 Å². The molecule has 7 nitrogen and oxygen atoms in total. The van der Waals surface area contributed by atoms with Gasteiger partial charge < -0.3 is 4.90 Å². The molecule has 0 radical (unpaired) electrons. The zero-order valence-electron chi connectivity index (χ0n) is 16.9. The molecule has 0 spiro atoms. The highest BCUT2D eigenvalue weighted by Crippen LogP contribution is 2.35. The molecule has 0 aliphatic heterocycles. The number of rotatable bonds is 9. The van der Waals surface area contributed by atoms with Gasteiger partial charge in [0.05, 0.1) is 28.0 Å². The first kappa shape index (κ1) is 23.0. The number of halogens is 1. The SMILES string of the molecule is CCN(CC)CCN(C(=O)CN(C)S(C)(=O)=O)c1nc2c(C)ccc(Cl)c2s1. The molecule has 10 heteroatoms. The predicted octanol–water partition coefficient (Wildman–Crippen LogP) is 2.82. The molecule has 0 atom stereocenters. The number of nitrogens with zero attached hydrogens (tertiary/aromatic N) is 4. The van der Waals surface area contributed by atoms with Gasteiger partial charge in [0, 0.05) is 20.1 Å². The molecule has 0 fully saturated rings. The van der Waals surface area contributed by atoms with Crippen LogP contribution in [0, 0.1) is 6.92 Å². The second-order valence-electron chi connectivity index (χ2n) is 6.63. The number of sulfonamides is 1. The quantitative estimate of drug-likeness (QED) is 0.592. The van der Waals surface area contributed by atoms with E-state index < -0.39 is 10.0 Å². The van der Waals surface area contributed by atoms with E-state index in [0.717, 1.165) is 39.4 Å². The second-order valence-corrected chi connectivity index (χ2v) is 10.1. The Balaban J connectivity index is 2.38. The first-order valence-electron chi connectivity index (χ1n) is 9.08. The number of benzene rings is 1. The van der Waals surface area contributed by atoms with Gasteiger partial charge in [0.25, 0.3) is 0 Å². The molecule has 28 heavy (non-hydrogen) atoms. The van der Waals surface area contributed by atoms with Crippen LogP contribution in [0.5, 0.6) is 0 Å². The van der Waals surface area contributed by atoms with Crippen molar-refractivity contribution in [1.29, 1.82) is 0 Å². The zero-order valence-corrected chi connectivity index (χ0v) is 19.3. The summed E-state index contributed by atoms with van der Waals surface area (Å²) in [6.45, 7) is 8.67. The van der Waals surface area contributed by atoms with Crippen LogP contribution < -0.4 is 4.90 Å². The first-order chi connectivity index (χ1) is 13.1. The number of hydrogen-bond acceptors (Lipinski definition) is 6. The van der Waals surface area contributed by atoms with E-state index in [0.29, 0.717) is 23.2 Å². The molecule has 1 aromatic carbocycles. The molecule has 156 valence electrons. The third-order valence-corrected chi connectivity index (χ3v) is 7.48. The lowest BCUT2D eigenvalue weighted by atomic mass is 10.2. The molecular weight excluding hydrogens is 420 g/mol. The number of carbonyl (C=O) groups is 1. The largest absolute Gasteiger partial charge is 0.302 e. The van der Waals surface area contributed by atoms with Crippen molar-refractivity contribution in [3.63, 3.8) is 0 Å². The van der Waals surface area contributed by atoms with Crippen molar-refractivity contribution in [3.8, 4) is 0 Å².